The van der Waals surface area contributed by atoms with E-state index < -0.39 is 5.41 Å². The normalized spacial score (nSPS) is 22.4. The van der Waals surface area contributed by atoms with Crippen LogP contribution >= 0.6 is 0 Å². The fourth-order valence-corrected chi connectivity index (χ4v) is 3.73. The third kappa shape index (κ3) is 2.05. The number of hydrogen-bond acceptors (Lipinski definition) is 1. The van der Waals surface area contributed by atoms with Crippen molar-refractivity contribution >= 4 is 16.9 Å². The highest BCUT2D eigenvalue weighted by atomic mass is 16.1. The summed E-state index contributed by atoms with van der Waals surface area (Å²) in [4.78, 5) is 13.0. The summed E-state index contributed by atoms with van der Waals surface area (Å²) >= 11 is 0. The molecule has 1 nitrogen and oxygen atoms in total. The molecule has 2 aliphatic rings. The molecule has 1 unspecified atom stereocenters. The molecule has 2 aromatic carbocycles. The van der Waals surface area contributed by atoms with Crippen molar-refractivity contribution < 1.29 is 4.79 Å². The van der Waals surface area contributed by atoms with E-state index in [2.05, 4.69) is 37.3 Å². The number of allylic oxidation sites excluding steroid dienone is 8. The second kappa shape index (κ2) is 5.61. The molecule has 0 N–H and O–H groups in total. The van der Waals surface area contributed by atoms with Crippen molar-refractivity contribution in [2.75, 3.05) is 0 Å². The molecular weight excluding hydrogens is 292 g/mol. The molecule has 0 radical (unpaired) electrons. The summed E-state index contributed by atoms with van der Waals surface area (Å²) in [5, 5.41) is 0. The molecule has 0 aromatic heterocycles. The average Bonchev–Trinajstić information content (AvgIpc) is 2.92. The van der Waals surface area contributed by atoms with Gasteiger partial charge in [0.05, 0.1) is 5.41 Å². The van der Waals surface area contributed by atoms with Gasteiger partial charge in [-0.3, -0.25) is 4.79 Å². The van der Waals surface area contributed by atoms with Gasteiger partial charge in [0.1, 0.15) is 0 Å². The van der Waals surface area contributed by atoms with Gasteiger partial charge in [0.25, 0.3) is 0 Å². The Morgan fingerprint density at radius 2 is 1.42 bits per heavy atom. The number of carbonyl (C=O) groups excluding carboxylic acids is 1. The minimum Gasteiger partial charge on any atom is -0.293 e. The Balaban J connectivity index is 2.04. The second-order valence-corrected chi connectivity index (χ2v) is 6.24. The molecule has 116 valence electrons. The van der Waals surface area contributed by atoms with Crippen LogP contribution in [0.4, 0.5) is 0 Å². The van der Waals surface area contributed by atoms with Crippen LogP contribution in [0.5, 0.6) is 0 Å². The largest absolute Gasteiger partial charge is 0.293 e. The van der Waals surface area contributed by atoms with Gasteiger partial charge in [0.15, 0.2) is 5.78 Å². The van der Waals surface area contributed by atoms with Gasteiger partial charge < -0.3 is 0 Å². The van der Waals surface area contributed by atoms with Crippen LogP contribution in [0, 0.1) is 5.41 Å². The standard InChI is InChI=1S/C23H18O/c1-17-16-20(18-10-4-2-5-11-18)22(19-12-6-3-7-13-19)23(17)15-9-8-14-21(23)24/h2-16H,1H3. The summed E-state index contributed by atoms with van der Waals surface area (Å²) in [5.41, 5.74) is 4.85. The number of rotatable bonds is 2. The zero-order chi connectivity index (χ0) is 16.6. The Morgan fingerprint density at radius 3 is 2.04 bits per heavy atom. The van der Waals surface area contributed by atoms with Crippen molar-refractivity contribution in [1.82, 2.24) is 0 Å². The van der Waals surface area contributed by atoms with E-state index in [4.69, 9.17) is 0 Å². The molecule has 1 spiro atoms. The lowest BCUT2D eigenvalue weighted by Crippen LogP contribution is -2.30. The molecule has 2 aromatic rings. The summed E-state index contributed by atoms with van der Waals surface area (Å²) in [5.74, 6) is 0.128. The van der Waals surface area contributed by atoms with Gasteiger partial charge in [-0.2, -0.15) is 0 Å². The molecule has 1 atom stereocenters. The Kier molecular flexibility index (Phi) is 3.42. The first kappa shape index (κ1) is 14.6. The van der Waals surface area contributed by atoms with Crippen LogP contribution < -0.4 is 0 Å². The fraction of sp³-hybridized carbons (Fsp3) is 0.0870. The smallest absolute Gasteiger partial charge is 0.174 e. The third-order valence-electron chi connectivity index (χ3n) is 4.89. The highest BCUT2D eigenvalue weighted by molar-refractivity contribution is 6.18. The first-order chi connectivity index (χ1) is 11.7. The summed E-state index contributed by atoms with van der Waals surface area (Å²) in [6.07, 6.45) is 9.70. The van der Waals surface area contributed by atoms with E-state index in [0.29, 0.717) is 0 Å². The zero-order valence-electron chi connectivity index (χ0n) is 13.6. The number of hydrogen-bond donors (Lipinski definition) is 0. The minimum absolute atomic E-state index is 0.128. The van der Waals surface area contributed by atoms with Crippen molar-refractivity contribution in [3.05, 3.63) is 108 Å². The van der Waals surface area contributed by atoms with E-state index >= 15 is 0 Å². The van der Waals surface area contributed by atoms with E-state index in [1.165, 1.54) is 0 Å². The average molecular weight is 310 g/mol. The predicted molar refractivity (Wildman–Crippen MR) is 99.2 cm³/mol. The molecule has 24 heavy (non-hydrogen) atoms. The van der Waals surface area contributed by atoms with Crippen LogP contribution in [0.3, 0.4) is 0 Å². The van der Waals surface area contributed by atoms with Crippen LogP contribution in [0.1, 0.15) is 18.1 Å². The first-order valence-corrected chi connectivity index (χ1v) is 8.18. The summed E-state index contributed by atoms with van der Waals surface area (Å²) in [6, 6.07) is 20.5. The van der Waals surface area contributed by atoms with Gasteiger partial charge >= 0.3 is 0 Å². The summed E-state index contributed by atoms with van der Waals surface area (Å²) in [6.45, 7) is 2.06. The zero-order valence-corrected chi connectivity index (χ0v) is 13.6. The van der Waals surface area contributed by atoms with Crippen LogP contribution in [0.2, 0.25) is 0 Å². The van der Waals surface area contributed by atoms with Gasteiger partial charge in [-0.1, -0.05) is 90.5 Å². The second-order valence-electron chi connectivity index (χ2n) is 6.24. The predicted octanol–water partition coefficient (Wildman–Crippen LogP) is 5.24. The maximum Gasteiger partial charge on any atom is 0.174 e. The van der Waals surface area contributed by atoms with E-state index in [-0.39, 0.29) is 5.78 Å². The van der Waals surface area contributed by atoms with Crippen molar-refractivity contribution in [2.24, 2.45) is 5.41 Å². The maximum absolute atomic E-state index is 13.0. The minimum atomic E-state index is -0.679. The molecule has 0 saturated heterocycles. The van der Waals surface area contributed by atoms with E-state index in [1.807, 2.05) is 54.6 Å². The lowest BCUT2D eigenvalue weighted by Gasteiger charge is -2.31. The van der Waals surface area contributed by atoms with Gasteiger partial charge in [0.2, 0.25) is 0 Å². The van der Waals surface area contributed by atoms with Crippen LogP contribution in [-0.2, 0) is 4.79 Å². The maximum atomic E-state index is 13.0. The Bertz CT molecular complexity index is 911. The molecular formula is C23H18O. The Hall–Kier alpha value is -2.93. The molecule has 0 aliphatic heterocycles. The van der Waals surface area contributed by atoms with Crippen molar-refractivity contribution in [3.63, 3.8) is 0 Å². The molecule has 0 bridgehead atoms. The lowest BCUT2D eigenvalue weighted by atomic mass is 9.69. The van der Waals surface area contributed by atoms with Crippen molar-refractivity contribution in [1.29, 1.82) is 0 Å². The molecule has 0 amide bonds. The quantitative estimate of drug-likeness (QED) is 0.741. The van der Waals surface area contributed by atoms with Crippen molar-refractivity contribution in [2.45, 2.75) is 6.92 Å². The fourth-order valence-electron chi connectivity index (χ4n) is 3.73. The first-order valence-electron chi connectivity index (χ1n) is 8.18. The molecule has 4 rings (SSSR count). The van der Waals surface area contributed by atoms with Gasteiger partial charge in [-0.15, -0.1) is 0 Å². The Labute approximate surface area is 142 Å². The summed E-state index contributed by atoms with van der Waals surface area (Å²) in [7, 11) is 0. The van der Waals surface area contributed by atoms with Crippen LogP contribution in [-0.4, -0.2) is 5.78 Å². The number of carbonyl (C=O) groups is 1. The molecule has 0 saturated carbocycles. The van der Waals surface area contributed by atoms with E-state index in [1.54, 1.807) is 6.08 Å². The highest BCUT2D eigenvalue weighted by Gasteiger charge is 2.45. The molecule has 1 heteroatoms. The van der Waals surface area contributed by atoms with Crippen molar-refractivity contribution in [3.8, 4) is 0 Å². The topological polar surface area (TPSA) is 17.1 Å². The van der Waals surface area contributed by atoms with Gasteiger partial charge in [-0.05, 0) is 35.3 Å². The number of ketones is 1. The Morgan fingerprint density at radius 1 is 0.792 bits per heavy atom. The third-order valence-corrected chi connectivity index (χ3v) is 4.89. The van der Waals surface area contributed by atoms with Crippen LogP contribution in [0.25, 0.3) is 11.1 Å². The summed E-state index contributed by atoms with van der Waals surface area (Å²) < 4.78 is 0. The van der Waals surface area contributed by atoms with E-state index in [0.717, 1.165) is 27.8 Å². The van der Waals surface area contributed by atoms with Gasteiger partial charge in [0, 0.05) is 0 Å². The van der Waals surface area contributed by atoms with Crippen LogP contribution in [0.15, 0.2) is 96.6 Å². The lowest BCUT2D eigenvalue weighted by molar-refractivity contribution is -0.118. The molecule has 0 heterocycles. The van der Waals surface area contributed by atoms with Gasteiger partial charge in [-0.25, -0.2) is 0 Å². The monoisotopic (exact) mass is 310 g/mol. The van der Waals surface area contributed by atoms with E-state index in [9.17, 15) is 4.79 Å². The number of benzene rings is 2. The highest BCUT2D eigenvalue weighted by Crippen LogP contribution is 2.53. The SMILES string of the molecule is CC1=CC(c2ccccc2)=C(c2ccccc2)C12C=CC=CC2=O. The molecule has 0 fully saturated rings. The molecule has 2 aliphatic carbocycles.